The molecule has 1 aliphatic carbocycles. The zero-order valence-electron chi connectivity index (χ0n) is 14.2. The molecule has 0 unspecified atom stereocenters. The number of anilines is 1. The van der Waals surface area contributed by atoms with Gasteiger partial charge in [-0.3, -0.25) is 4.79 Å². The topological polar surface area (TPSA) is 32.8 Å². The fourth-order valence-corrected chi connectivity index (χ4v) is 7.46. The van der Waals surface area contributed by atoms with Gasteiger partial charge in [0.2, 0.25) is 5.91 Å². The summed E-state index contributed by atoms with van der Waals surface area (Å²) in [5.74, 6) is 1.35. The number of ether oxygens (including phenoxy) is 1. The summed E-state index contributed by atoms with van der Waals surface area (Å²) in [6, 6.07) is 9.59. The lowest BCUT2D eigenvalue weighted by atomic mass is 9.54. The zero-order chi connectivity index (χ0) is 16.3. The molecule has 0 N–H and O–H groups in total. The van der Waals surface area contributed by atoms with E-state index >= 15 is 0 Å². The van der Waals surface area contributed by atoms with E-state index in [1.165, 1.54) is 24.1 Å². The molecule has 4 fully saturated rings. The van der Waals surface area contributed by atoms with Crippen LogP contribution in [-0.2, 0) is 14.9 Å². The van der Waals surface area contributed by atoms with Gasteiger partial charge in [-0.2, -0.15) is 0 Å². The fraction of sp³-hybridized carbons (Fsp3) is 0.571. The quantitative estimate of drug-likeness (QED) is 0.731. The Morgan fingerprint density at radius 1 is 1.24 bits per heavy atom. The van der Waals surface area contributed by atoms with Crippen LogP contribution in [0.2, 0.25) is 0 Å². The number of hydrogen-bond donors (Lipinski definition) is 0. The van der Waals surface area contributed by atoms with Crippen LogP contribution in [0.25, 0.3) is 0 Å². The van der Waals surface area contributed by atoms with Crippen molar-refractivity contribution in [1.29, 1.82) is 0 Å². The van der Waals surface area contributed by atoms with Crippen LogP contribution in [0, 0.1) is 11.8 Å². The van der Waals surface area contributed by atoms with Gasteiger partial charge in [0.15, 0.2) is 0 Å². The normalized spacial score (nSPS) is 45.2. The van der Waals surface area contributed by atoms with E-state index in [1.807, 2.05) is 0 Å². The minimum atomic E-state index is 0.113. The van der Waals surface area contributed by atoms with E-state index in [2.05, 4.69) is 40.3 Å². The van der Waals surface area contributed by atoms with E-state index < -0.39 is 0 Å². The first kappa shape index (κ1) is 13.4. The lowest BCUT2D eigenvalue weighted by molar-refractivity contribution is -0.131. The number of hydrogen-bond acceptors (Lipinski definition) is 3. The fourth-order valence-electron chi connectivity index (χ4n) is 7.46. The zero-order valence-corrected chi connectivity index (χ0v) is 14.2. The van der Waals surface area contributed by atoms with E-state index in [9.17, 15) is 4.79 Å². The van der Waals surface area contributed by atoms with Crippen molar-refractivity contribution in [1.82, 2.24) is 4.90 Å². The summed E-state index contributed by atoms with van der Waals surface area (Å²) in [6.45, 7) is 1.91. The summed E-state index contributed by atoms with van der Waals surface area (Å²) in [7, 11) is 0. The number of amides is 1. The Balaban J connectivity index is 1.56. The third-order valence-electron chi connectivity index (χ3n) is 8.16. The molecule has 2 bridgehead atoms. The van der Waals surface area contributed by atoms with Crippen LogP contribution in [0.15, 0.2) is 36.0 Å². The molecule has 1 aromatic rings. The van der Waals surface area contributed by atoms with Crippen molar-refractivity contribution in [2.24, 2.45) is 11.8 Å². The monoisotopic (exact) mass is 334 g/mol. The molecule has 6 atom stereocenters. The molecule has 128 valence electrons. The molecule has 1 spiro atoms. The summed E-state index contributed by atoms with van der Waals surface area (Å²) >= 11 is 0. The Kier molecular flexibility index (Phi) is 2.21. The number of fused-ring (bicyclic) bond motifs is 2. The predicted molar refractivity (Wildman–Crippen MR) is 93.2 cm³/mol. The SMILES string of the molecule is O=C1C[C@@H]2OCCC3=CN4CC[C@@]56c7ccccc7N1[C@@H]5[C@H]2[C@H]3C[C@H]46. The molecule has 7 rings (SSSR count). The first-order valence-electron chi connectivity index (χ1n) is 9.78. The third kappa shape index (κ3) is 1.31. The third-order valence-corrected chi connectivity index (χ3v) is 8.16. The number of para-hydroxylation sites is 1. The number of piperidine rings is 1. The maximum atomic E-state index is 13.2. The van der Waals surface area contributed by atoms with Gasteiger partial charge in [0.1, 0.15) is 0 Å². The molecule has 5 aliphatic heterocycles. The van der Waals surface area contributed by atoms with Gasteiger partial charge in [-0.15, -0.1) is 0 Å². The maximum absolute atomic E-state index is 13.2. The second kappa shape index (κ2) is 4.12. The molecule has 6 aliphatic rings. The first-order chi connectivity index (χ1) is 12.3. The largest absolute Gasteiger partial charge is 0.377 e. The Labute approximate surface area is 147 Å². The summed E-state index contributed by atoms with van der Waals surface area (Å²) < 4.78 is 6.29. The highest BCUT2D eigenvalue weighted by molar-refractivity contribution is 5.99. The van der Waals surface area contributed by atoms with Crippen molar-refractivity contribution in [2.45, 2.75) is 49.3 Å². The highest BCUT2D eigenvalue weighted by Gasteiger charge is 2.70. The van der Waals surface area contributed by atoms with Crippen molar-refractivity contribution in [3.63, 3.8) is 0 Å². The molecule has 1 amide bonds. The van der Waals surface area contributed by atoms with E-state index in [-0.39, 0.29) is 17.4 Å². The summed E-state index contributed by atoms with van der Waals surface area (Å²) in [5.41, 5.74) is 4.32. The Bertz CT molecular complexity index is 848. The number of nitrogens with zero attached hydrogens (tertiary/aromatic N) is 2. The smallest absolute Gasteiger partial charge is 0.229 e. The van der Waals surface area contributed by atoms with E-state index in [0.29, 0.717) is 30.3 Å². The van der Waals surface area contributed by atoms with E-state index in [4.69, 9.17) is 4.74 Å². The summed E-state index contributed by atoms with van der Waals surface area (Å²) in [5, 5.41) is 0. The van der Waals surface area contributed by atoms with E-state index in [0.717, 1.165) is 19.6 Å². The molecular weight excluding hydrogens is 312 g/mol. The molecule has 4 heteroatoms. The molecule has 25 heavy (non-hydrogen) atoms. The molecule has 1 aromatic carbocycles. The number of carbonyl (C=O) groups excluding carboxylic acids is 1. The van der Waals surface area contributed by atoms with Crippen molar-refractivity contribution in [3.05, 3.63) is 41.6 Å². The molecule has 4 nitrogen and oxygen atoms in total. The highest BCUT2D eigenvalue weighted by Crippen LogP contribution is 2.65. The first-order valence-corrected chi connectivity index (χ1v) is 9.78. The average molecular weight is 334 g/mol. The Hall–Kier alpha value is -1.81. The van der Waals surface area contributed by atoms with Gasteiger partial charge in [-0.1, -0.05) is 18.2 Å². The van der Waals surface area contributed by atoms with Crippen molar-refractivity contribution in [2.75, 3.05) is 18.1 Å². The summed E-state index contributed by atoms with van der Waals surface area (Å²) in [6.07, 6.45) is 6.62. The van der Waals surface area contributed by atoms with Crippen LogP contribution in [0.5, 0.6) is 0 Å². The molecule has 0 radical (unpaired) electrons. The van der Waals surface area contributed by atoms with Crippen LogP contribution in [-0.4, -0.2) is 42.1 Å². The van der Waals surface area contributed by atoms with E-state index in [1.54, 1.807) is 5.57 Å². The van der Waals surface area contributed by atoms with Crippen molar-refractivity contribution < 1.29 is 9.53 Å². The van der Waals surface area contributed by atoms with Crippen molar-refractivity contribution in [3.8, 4) is 0 Å². The van der Waals surface area contributed by atoms with Crippen LogP contribution in [0.4, 0.5) is 5.69 Å². The standard InChI is InChI=1S/C21H22N2O2/c24-18-10-16-19-13-9-17-21(6-7-22(17)11-12(13)5-8-25-16)14-3-1-2-4-15(14)23(18)20(19)21/h1-4,11,13,16-17,19-20H,5-10H2/t13-,16-,17-,19-,20+,21-/m0/s1. The predicted octanol–water partition coefficient (Wildman–Crippen LogP) is 2.44. The van der Waals surface area contributed by atoms with Gasteiger partial charge in [0, 0.05) is 29.6 Å². The van der Waals surface area contributed by atoms with Crippen LogP contribution in [0.1, 0.15) is 31.2 Å². The molecular formula is C21H22N2O2. The van der Waals surface area contributed by atoms with Gasteiger partial charge in [0.25, 0.3) is 0 Å². The lowest BCUT2D eigenvalue weighted by Gasteiger charge is -2.57. The Morgan fingerprint density at radius 3 is 3.12 bits per heavy atom. The number of rotatable bonds is 0. The second-order valence-corrected chi connectivity index (χ2v) is 8.76. The summed E-state index contributed by atoms with van der Waals surface area (Å²) in [4.78, 5) is 18.0. The molecule has 5 heterocycles. The molecule has 1 saturated carbocycles. The maximum Gasteiger partial charge on any atom is 0.229 e. The highest BCUT2D eigenvalue weighted by atomic mass is 16.5. The lowest BCUT2D eigenvalue weighted by Crippen LogP contribution is -2.68. The van der Waals surface area contributed by atoms with Crippen molar-refractivity contribution >= 4 is 11.6 Å². The van der Waals surface area contributed by atoms with Crippen LogP contribution in [0.3, 0.4) is 0 Å². The minimum Gasteiger partial charge on any atom is -0.377 e. The second-order valence-electron chi connectivity index (χ2n) is 8.76. The average Bonchev–Trinajstić information content (AvgIpc) is 3.10. The van der Waals surface area contributed by atoms with Gasteiger partial charge in [0.05, 0.1) is 25.2 Å². The van der Waals surface area contributed by atoms with Gasteiger partial charge in [-0.25, -0.2) is 0 Å². The Morgan fingerprint density at radius 2 is 2.16 bits per heavy atom. The van der Waals surface area contributed by atoms with Gasteiger partial charge in [-0.05, 0) is 48.6 Å². The van der Waals surface area contributed by atoms with Gasteiger partial charge < -0.3 is 14.5 Å². The number of benzene rings is 1. The molecule has 0 aromatic heterocycles. The molecule has 3 saturated heterocycles. The minimum absolute atomic E-state index is 0.113. The van der Waals surface area contributed by atoms with Crippen LogP contribution < -0.4 is 4.90 Å². The van der Waals surface area contributed by atoms with Gasteiger partial charge >= 0.3 is 0 Å². The van der Waals surface area contributed by atoms with Crippen LogP contribution >= 0.6 is 0 Å². The number of carbonyl (C=O) groups is 1.